The van der Waals surface area contributed by atoms with Crippen LogP contribution in [0.4, 0.5) is 13.2 Å². The molecule has 0 aliphatic carbocycles. The maximum atomic E-state index is 12.8. The maximum Gasteiger partial charge on any atom is 0.400 e. The molecule has 1 atom stereocenters. The number of ketones is 1. The molecule has 0 aromatic carbocycles. The van der Waals surface area contributed by atoms with Gasteiger partial charge in [0.25, 0.3) is 0 Å². The molecule has 5 heteroatoms. The number of hydrogen-bond acceptors (Lipinski definition) is 2. The second-order valence-electron chi connectivity index (χ2n) is 4.55. The van der Waals surface area contributed by atoms with Gasteiger partial charge in [-0.05, 0) is 20.3 Å². The van der Waals surface area contributed by atoms with Gasteiger partial charge in [0.05, 0.1) is 7.11 Å². The quantitative estimate of drug-likeness (QED) is 0.550. The first kappa shape index (κ1) is 16.0. The van der Waals surface area contributed by atoms with Crippen LogP contribution in [0.3, 0.4) is 0 Å². The van der Waals surface area contributed by atoms with E-state index >= 15 is 0 Å². The third kappa shape index (κ3) is 3.75. The molecule has 0 radical (unpaired) electrons. The molecule has 0 aliphatic rings. The Morgan fingerprint density at radius 2 is 1.82 bits per heavy atom. The summed E-state index contributed by atoms with van der Waals surface area (Å²) in [6.07, 6.45) is -2.91. The van der Waals surface area contributed by atoms with E-state index < -0.39 is 11.6 Å². The van der Waals surface area contributed by atoms with Gasteiger partial charge in [-0.1, -0.05) is 13.8 Å². The fraction of sp³-hybridized carbons (Fsp3) is 0.750. The average Bonchev–Trinajstić information content (AvgIpc) is 2.22. The van der Waals surface area contributed by atoms with Crippen molar-refractivity contribution in [3.8, 4) is 0 Å². The molecule has 0 bridgehead atoms. The number of ether oxygens (including phenoxy) is 1. The van der Waals surface area contributed by atoms with Crippen molar-refractivity contribution in [1.29, 1.82) is 0 Å². The summed E-state index contributed by atoms with van der Waals surface area (Å²) in [5.74, 6) is -0.999. The fourth-order valence-corrected chi connectivity index (χ4v) is 1.11. The van der Waals surface area contributed by atoms with E-state index in [2.05, 4.69) is 0 Å². The van der Waals surface area contributed by atoms with Gasteiger partial charge in [0.1, 0.15) is 11.2 Å². The molecule has 1 unspecified atom stereocenters. The van der Waals surface area contributed by atoms with E-state index in [1.807, 2.05) is 0 Å². The highest BCUT2D eigenvalue weighted by Crippen LogP contribution is 2.43. The van der Waals surface area contributed by atoms with E-state index in [4.69, 9.17) is 4.74 Å². The molecule has 0 amide bonds. The number of alkyl halides is 3. The topological polar surface area (TPSA) is 26.3 Å². The van der Waals surface area contributed by atoms with Crippen LogP contribution in [-0.4, -0.2) is 19.1 Å². The molecule has 0 aliphatic heterocycles. The van der Waals surface area contributed by atoms with Gasteiger partial charge in [-0.2, -0.15) is 13.2 Å². The normalized spacial score (nSPS) is 15.6. The van der Waals surface area contributed by atoms with Crippen molar-refractivity contribution < 1.29 is 22.7 Å². The van der Waals surface area contributed by atoms with Crippen molar-refractivity contribution in [1.82, 2.24) is 0 Å². The minimum absolute atomic E-state index is 0.302. The summed E-state index contributed by atoms with van der Waals surface area (Å²) in [5, 5.41) is 0. The highest BCUT2D eigenvalue weighted by Gasteiger charge is 2.51. The Kier molecular flexibility index (Phi) is 5.23. The van der Waals surface area contributed by atoms with E-state index in [1.165, 1.54) is 0 Å². The van der Waals surface area contributed by atoms with Crippen LogP contribution in [0.1, 0.15) is 34.1 Å². The minimum atomic E-state index is -4.45. The number of halogens is 3. The lowest BCUT2D eigenvalue weighted by Crippen LogP contribution is -2.35. The Morgan fingerprint density at radius 1 is 1.35 bits per heavy atom. The summed E-state index contributed by atoms with van der Waals surface area (Å²) in [6, 6.07) is 0. The smallest absolute Gasteiger partial charge is 0.400 e. The first-order valence-electron chi connectivity index (χ1n) is 5.44. The lowest BCUT2D eigenvalue weighted by Gasteiger charge is -2.29. The van der Waals surface area contributed by atoms with E-state index in [-0.39, 0.29) is 17.5 Å². The third-order valence-corrected chi connectivity index (χ3v) is 2.92. The molecule has 0 rings (SSSR count). The molecule has 0 saturated carbocycles. The number of methoxy groups -OCH3 is 1. The molecule has 0 aromatic heterocycles. The fourth-order valence-electron chi connectivity index (χ4n) is 1.11. The third-order valence-electron chi connectivity index (χ3n) is 2.92. The molecule has 0 spiro atoms. The van der Waals surface area contributed by atoms with Gasteiger partial charge in [-0.15, -0.1) is 0 Å². The standard InChI is InChI=1S/C12H19F3O2/c1-6-8(2)9(16)7-10(17-5)11(3,4)12(13,14)15/h7-8H,6H2,1-5H3/b10-7-. The maximum absolute atomic E-state index is 12.8. The molecule has 0 fully saturated rings. The van der Waals surface area contributed by atoms with Crippen molar-refractivity contribution in [3.05, 3.63) is 11.8 Å². The van der Waals surface area contributed by atoms with Crippen molar-refractivity contribution in [3.63, 3.8) is 0 Å². The SMILES string of the molecule is CCC(C)C(=O)/C=C(\OC)C(C)(C)C(F)(F)F. The Bertz CT molecular complexity index is 303. The number of allylic oxidation sites excluding steroid dienone is 2. The van der Waals surface area contributed by atoms with Gasteiger partial charge >= 0.3 is 6.18 Å². The molecule has 2 nitrogen and oxygen atoms in total. The van der Waals surface area contributed by atoms with Gasteiger partial charge in [-0.3, -0.25) is 4.79 Å². The summed E-state index contributed by atoms with van der Waals surface area (Å²) >= 11 is 0. The van der Waals surface area contributed by atoms with Crippen LogP contribution < -0.4 is 0 Å². The summed E-state index contributed by atoms with van der Waals surface area (Å²) in [7, 11) is 1.14. The van der Waals surface area contributed by atoms with Crippen LogP contribution in [0.15, 0.2) is 11.8 Å². The summed E-state index contributed by atoms with van der Waals surface area (Å²) < 4.78 is 43.0. The van der Waals surface area contributed by atoms with Crippen molar-refractivity contribution in [2.75, 3.05) is 7.11 Å². The predicted molar refractivity (Wildman–Crippen MR) is 59.4 cm³/mol. The van der Waals surface area contributed by atoms with Gasteiger partial charge in [0, 0.05) is 12.0 Å². The van der Waals surface area contributed by atoms with Crippen molar-refractivity contribution in [2.45, 2.75) is 40.3 Å². The second kappa shape index (κ2) is 5.56. The zero-order valence-electron chi connectivity index (χ0n) is 10.8. The Labute approximate surface area is 99.8 Å². The van der Waals surface area contributed by atoms with Gasteiger partial charge < -0.3 is 4.74 Å². The lowest BCUT2D eigenvalue weighted by molar-refractivity contribution is -0.208. The predicted octanol–water partition coefficient (Wildman–Crippen LogP) is 3.72. The van der Waals surface area contributed by atoms with Gasteiger partial charge in [0.2, 0.25) is 0 Å². The number of hydrogen-bond donors (Lipinski definition) is 0. The first-order valence-corrected chi connectivity index (χ1v) is 5.44. The molecule has 100 valence electrons. The zero-order chi connectivity index (χ0) is 13.9. The molecular weight excluding hydrogens is 233 g/mol. The highest BCUT2D eigenvalue weighted by atomic mass is 19.4. The number of carbonyl (C=O) groups is 1. The van der Waals surface area contributed by atoms with Crippen LogP contribution in [0.25, 0.3) is 0 Å². The first-order chi connectivity index (χ1) is 7.57. The minimum Gasteiger partial charge on any atom is -0.500 e. The summed E-state index contributed by atoms with van der Waals surface area (Å²) in [5.41, 5.74) is -2.16. The largest absolute Gasteiger partial charge is 0.500 e. The molecular formula is C12H19F3O2. The lowest BCUT2D eigenvalue weighted by atomic mass is 9.88. The van der Waals surface area contributed by atoms with E-state index in [9.17, 15) is 18.0 Å². The average molecular weight is 252 g/mol. The van der Waals surface area contributed by atoms with Crippen LogP contribution in [-0.2, 0) is 9.53 Å². The highest BCUT2D eigenvalue weighted by molar-refractivity contribution is 5.91. The zero-order valence-corrected chi connectivity index (χ0v) is 10.8. The van der Waals surface area contributed by atoms with E-state index in [0.29, 0.717) is 6.42 Å². The molecule has 0 heterocycles. The van der Waals surface area contributed by atoms with Crippen molar-refractivity contribution in [2.24, 2.45) is 11.3 Å². The van der Waals surface area contributed by atoms with Crippen LogP contribution in [0, 0.1) is 11.3 Å². The van der Waals surface area contributed by atoms with Crippen molar-refractivity contribution >= 4 is 5.78 Å². The molecule has 0 saturated heterocycles. The Morgan fingerprint density at radius 3 is 2.12 bits per heavy atom. The Hall–Kier alpha value is -1.00. The molecule has 17 heavy (non-hydrogen) atoms. The van der Waals surface area contributed by atoms with E-state index in [1.54, 1.807) is 13.8 Å². The number of rotatable bonds is 5. The van der Waals surface area contributed by atoms with E-state index in [0.717, 1.165) is 27.0 Å². The molecule has 0 aromatic rings. The molecule has 0 N–H and O–H groups in total. The van der Waals surface area contributed by atoms with Crippen LogP contribution >= 0.6 is 0 Å². The van der Waals surface area contributed by atoms with Crippen LogP contribution in [0.2, 0.25) is 0 Å². The monoisotopic (exact) mass is 252 g/mol. The Balaban J connectivity index is 5.22. The second-order valence-corrected chi connectivity index (χ2v) is 4.55. The number of carbonyl (C=O) groups excluding carboxylic acids is 1. The van der Waals surface area contributed by atoms with Gasteiger partial charge in [-0.25, -0.2) is 0 Å². The van der Waals surface area contributed by atoms with Gasteiger partial charge in [0.15, 0.2) is 5.78 Å². The summed E-state index contributed by atoms with van der Waals surface area (Å²) in [4.78, 5) is 11.6. The summed E-state index contributed by atoms with van der Waals surface area (Å²) in [6.45, 7) is 5.46. The van der Waals surface area contributed by atoms with Crippen LogP contribution in [0.5, 0.6) is 0 Å².